The summed E-state index contributed by atoms with van der Waals surface area (Å²) in [6, 6.07) is 11.6. The van der Waals surface area contributed by atoms with Crippen molar-refractivity contribution in [3.05, 3.63) is 48.0 Å². The molecule has 0 fully saturated rings. The lowest BCUT2D eigenvalue weighted by Gasteiger charge is -2.05. The van der Waals surface area contributed by atoms with Gasteiger partial charge < -0.3 is 15.9 Å². The number of rotatable bonds is 2. The van der Waals surface area contributed by atoms with Crippen molar-refractivity contribution in [3.63, 3.8) is 0 Å². The van der Waals surface area contributed by atoms with Crippen LogP contribution in [0.25, 0.3) is 11.1 Å². The number of benzene rings is 2. The molecule has 17 heavy (non-hydrogen) atoms. The summed E-state index contributed by atoms with van der Waals surface area (Å²) < 4.78 is 0. The number of aromatic hydroxyl groups is 1. The van der Waals surface area contributed by atoms with Crippen molar-refractivity contribution in [2.24, 2.45) is 0 Å². The third-order valence-electron chi connectivity index (χ3n) is 2.45. The highest BCUT2D eigenvalue weighted by atomic mass is 16.4. The number of anilines is 1. The van der Waals surface area contributed by atoms with Gasteiger partial charge in [0.2, 0.25) is 0 Å². The fourth-order valence-corrected chi connectivity index (χ4v) is 1.61. The van der Waals surface area contributed by atoms with E-state index in [9.17, 15) is 9.90 Å². The monoisotopic (exact) mass is 229 g/mol. The third-order valence-corrected chi connectivity index (χ3v) is 2.45. The Labute approximate surface area is 97.9 Å². The number of nitrogen functional groups attached to an aromatic ring is 1. The van der Waals surface area contributed by atoms with Gasteiger partial charge in [0, 0.05) is 5.69 Å². The molecule has 86 valence electrons. The summed E-state index contributed by atoms with van der Waals surface area (Å²) >= 11 is 0. The summed E-state index contributed by atoms with van der Waals surface area (Å²) in [7, 11) is 0. The summed E-state index contributed by atoms with van der Waals surface area (Å²) in [5.74, 6) is -1.40. The largest absolute Gasteiger partial charge is 0.507 e. The summed E-state index contributed by atoms with van der Waals surface area (Å²) in [5.41, 5.74) is 7.71. The smallest absolute Gasteiger partial charge is 0.339 e. The van der Waals surface area contributed by atoms with Crippen LogP contribution in [-0.2, 0) is 0 Å². The van der Waals surface area contributed by atoms with E-state index in [4.69, 9.17) is 10.8 Å². The molecule has 0 spiro atoms. The Bertz CT molecular complexity index is 579. The van der Waals surface area contributed by atoms with E-state index in [0.29, 0.717) is 5.69 Å². The number of hydrogen-bond acceptors (Lipinski definition) is 3. The molecule has 2 aromatic carbocycles. The molecule has 0 aliphatic carbocycles. The predicted molar refractivity (Wildman–Crippen MR) is 64.9 cm³/mol. The van der Waals surface area contributed by atoms with Gasteiger partial charge in [-0.05, 0) is 35.4 Å². The Kier molecular flexibility index (Phi) is 2.70. The van der Waals surface area contributed by atoms with Crippen LogP contribution in [-0.4, -0.2) is 16.2 Å². The van der Waals surface area contributed by atoms with Crippen molar-refractivity contribution < 1.29 is 15.0 Å². The Hall–Kier alpha value is -2.49. The van der Waals surface area contributed by atoms with Crippen molar-refractivity contribution in [1.82, 2.24) is 0 Å². The molecule has 0 amide bonds. The van der Waals surface area contributed by atoms with E-state index in [1.165, 1.54) is 12.1 Å². The van der Waals surface area contributed by atoms with Gasteiger partial charge in [0.05, 0.1) is 0 Å². The van der Waals surface area contributed by atoms with Crippen LogP contribution in [0, 0.1) is 0 Å². The molecular formula is C13H11NO3. The Morgan fingerprint density at radius 3 is 2.35 bits per heavy atom. The third kappa shape index (κ3) is 2.20. The summed E-state index contributed by atoms with van der Waals surface area (Å²) in [6.45, 7) is 0. The molecule has 0 aromatic heterocycles. The van der Waals surface area contributed by atoms with E-state index in [0.717, 1.165) is 11.1 Å². The maximum atomic E-state index is 10.7. The number of phenols is 1. The minimum atomic E-state index is -1.15. The van der Waals surface area contributed by atoms with E-state index < -0.39 is 5.97 Å². The maximum absolute atomic E-state index is 10.7. The van der Waals surface area contributed by atoms with Crippen LogP contribution in [0.1, 0.15) is 10.4 Å². The van der Waals surface area contributed by atoms with E-state index in [-0.39, 0.29) is 11.3 Å². The molecule has 2 aromatic rings. The molecule has 0 saturated heterocycles. The van der Waals surface area contributed by atoms with Crippen molar-refractivity contribution in [1.29, 1.82) is 0 Å². The molecule has 0 aliphatic rings. The first-order valence-electron chi connectivity index (χ1n) is 5.00. The van der Waals surface area contributed by atoms with Crippen molar-refractivity contribution in [2.45, 2.75) is 0 Å². The Morgan fingerprint density at radius 2 is 1.76 bits per heavy atom. The highest BCUT2D eigenvalue weighted by Crippen LogP contribution is 2.27. The average Bonchev–Trinajstić information content (AvgIpc) is 2.28. The minimum Gasteiger partial charge on any atom is -0.507 e. The van der Waals surface area contributed by atoms with Gasteiger partial charge in [-0.3, -0.25) is 0 Å². The van der Waals surface area contributed by atoms with Gasteiger partial charge in [-0.25, -0.2) is 4.79 Å². The van der Waals surface area contributed by atoms with E-state index >= 15 is 0 Å². The van der Waals surface area contributed by atoms with Gasteiger partial charge in [-0.2, -0.15) is 0 Å². The SMILES string of the molecule is Nc1cccc(-c2ccc(C(=O)O)c(O)c2)c1. The second-order valence-electron chi connectivity index (χ2n) is 3.66. The molecule has 0 unspecified atom stereocenters. The number of carbonyl (C=O) groups is 1. The van der Waals surface area contributed by atoms with Crippen LogP contribution in [0.15, 0.2) is 42.5 Å². The highest BCUT2D eigenvalue weighted by Gasteiger charge is 2.10. The lowest BCUT2D eigenvalue weighted by atomic mass is 10.0. The molecule has 4 N–H and O–H groups in total. The summed E-state index contributed by atoms with van der Waals surface area (Å²) in [4.78, 5) is 10.7. The maximum Gasteiger partial charge on any atom is 0.339 e. The number of aromatic carboxylic acids is 1. The molecule has 0 atom stereocenters. The molecule has 0 saturated carbocycles. The van der Waals surface area contributed by atoms with Crippen LogP contribution >= 0.6 is 0 Å². The van der Waals surface area contributed by atoms with Gasteiger partial charge in [-0.15, -0.1) is 0 Å². The number of nitrogens with two attached hydrogens (primary N) is 1. The second kappa shape index (κ2) is 4.17. The van der Waals surface area contributed by atoms with Gasteiger partial charge in [0.1, 0.15) is 11.3 Å². The zero-order valence-corrected chi connectivity index (χ0v) is 8.92. The van der Waals surface area contributed by atoms with E-state index in [1.807, 2.05) is 6.07 Å². The van der Waals surface area contributed by atoms with Gasteiger partial charge >= 0.3 is 5.97 Å². The highest BCUT2D eigenvalue weighted by molar-refractivity contribution is 5.91. The molecule has 4 nitrogen and oxygen atoms in total. The van der Waals surface area contributed by atoms with Crippen LogP contribution in [0.5, 0.6) is 5.75 Å². The molecule has 0 bridgehead atoms. The Morgan fingerprint density at radius 1 is 1.06 bits per heavy atom. The van der Waals surface area contributed by atoms with Gasteiger partial charge in [0.25, 0.3) is 0 Å². The summed E-state index contributed by atoms with van der Waals surface area (Å²) in [6.07, 6.45) is 0. The fourth-order valence-electron chi connectivity index (χ4n) is 1.61. The lowest BCUT2D eigenvalue weighted by molar-refractivity contribution is 0.0694. The number of carboxylic acids is 1. The zero-order valence-electron chi connectivity index (χ0n) is 8.92. The molecular weight excluding hydrogens is 218 g/mol. The first-order chi connectivity index (χ1) is 8.08. The van der Waals surface area contributed by atoms with Crippen molar-refractivity contribution >= 4 is 11.7 Å². The summed E-state index contributed by atoms with van der Waals surface area (Å²) in [5, 5.41) is 18.4. The zero-order chi connectivity index (χ0) is 12.4. The van der Waals surface area contributed by atoms with Gasteiger partial charge in [-0.1, -0.05) is 18.2 Å². The van der Waals surface area contributed by atoms with Gasteiger partial charge in [0.15, 0.2) is 0 Å². The number of carboxylic acid groups (broad SMARTS) is 1. The molecule has 0 radical (unpaired) electrons. The first kappa shape index (κ1) is 11.0. The minimum absolute atomic E-state index is 0.113. The standard InChI is InChI=1S/C13H11NO3/c14-10-3-1-2-8(6-10)9-4-5-11(13(16)17)12(15)7-9/h1-7,15H,14H2,(H,16,17). The second-order valence-corrected chi connectivity index (χ2v) is 3.66. The molecule has 4 heteroatoms. The quantitative estimate of drug-likeness (QED) is 0.690. The van der Waals surface area contributed by atoms with E-state index in [2.05, 4.69) is 0 Å². The molecule has 0 heterocycles. The van der Waals surface area contributed by atoms with Crippen molar-refractivity contribution in [2.75, 3.05) is 5.73 Å². The van der Waals surface area contributed by atoms with E-state index in [1.54, 1.807) is 24.3 Å². The lowest BCUT2D eigenvalue weighted by Crippen LogP contribution is -1.96. The van der Waals surface area contributed by atoms with Crippen molar-refractivity contribution in [3.8, 4) is 16.9 Å². The molecule has 0 aliphatic heterocycles. The average molecular weight is 229 g/mol. The topological polar surface area (TPSA) is 83.6 Å². The van der Waals surface area contributed by atoms with Crippen LogP contribution in [0.4, 0.5) is 5.69 Å². The fraction of sp³-hybridized carbons (Fsp3) is 0. The normalized spacial score (nSPS) is 10.1. The Balaban J connectivity index is 2.48. The number of hydrogen-bond donors (Lipinski definition) is 3. The first-order valence-corrected chi connectivity index (χ1v) is 5.00. The van der Waals surface area contributed by atoms with Crippen LogP contribution in [0.3, 0.4) is 0 Å². The molecule has 2 rings (SSSR count). The van der Waals surface area contributed by atoms with Crippen LogP contribution in [0.2, 0.25) is 0 Å². The van der Waals surface area contributed by atoms with Crippen LogP contribution < -0.4 is 5.73 Å². The predicted octanol–water partition coefficient (Wildman–Crippen LogP) is 2.34.